The first kappa shape index (κ1) is 9.02. The number of halogens is 1. The van der Waals surface area contributed by atoms with Crippen molar-refractivity contribution in [1.29, 1.82) is 0 Å². The maximum absolute atomic E-state index is 10.8. The highest BCUT2D eigenvalue weighted by Gasteiger charge is 2.13. The molecule has 5 heteroatoms. The van der Waals surface area contributed by atoms with Crippen molar-refractivity contribution in [2.24, 2.45) is 0 Å². The fourth-order valence-electron chi connectivity index (χ4n) is 1.29. The molecule has 0 saturated heterocycles. The number of imidazole rings is 1. The van der Waals surface area contributed by atoms with Crippen molar-refractivity contribution >= 4 is 23.2 Å². The van der Waals surface area contributed by atoms with Crippen molar-refractivity contribution in [2.75, 3.05) is 0 Å². The third-order valence-electron chi connectivity index (χ3n) is 2.01. The van der Waals surface area contributed by atoms with Crippen molar-refractivity contribution in [2.45, 2.75) is 6.92 Å². The van der Waals surface area contributed by atoms with Crippen LogP contribution in [0.4, 0.5) is 0 Å². The van der Waals surface area contributed by atoms with E-state index in [0.717, 1.165) is 5.56 Å². The zero-order valence-corrected chi connectivity index (χ0v) is 8.12. The van der Waals surface area contributed by atoms with E-state index in [1.165, 1.54) is 10.6 Å². The normalized spacial score (nSPS) is 10.7. The van der Waals surface area contributed by atoms with Crippen LogP contribution in [-0.4, -0.2) is 20.5 Å². The number of aromatic nitrogens is 2. The zero-order valence-electron chi connectivity index (χ0n) is 7.36. The number of hydrogen-bond acceptors (Lipinski definition) is 2. The van der Waals surface area contributed by atoms with Gasteiger partial charge >= 0.3 is 5.97 Å². The lowest BCUT2D eigenvalue weighted by Gasteiger charge is -2.02. The maximum Gasteiger partial charge on any atom is 0.354 e. The molecule has 0 aliphatic rings. The number of aryl methyl sites for hydroxylation is 1. The quantitative estimate of drug-likeness (QED) is 0.733. The van der Waals surface area contributed by atoms with Gasteiger partial charge in [-0.05, 0) is 18.6 Å². The van der Waals surface area contributed by atoms with Gasteiger partial charge in [-0.3, -0.25) is 4.40 Å². The third-order valence-corrected chi connectivity index (χ3v) is 2.48. The highest BCUT2D eigenvalue weighted by molar-refractivity contribution is 6.30. The molecule has 4 nitrogen and oxygen atoms in total. The number of hydrogen-bond donors (Lipinski definition) is 1. The van der Waals surface area contributed by atoms with Crippen LogP contribution >= 0.6 is 11.6 Å². The van der Waals surface area contributed by atoms with Crippen LogP contribution < -0.4 is 0 Å². The molecule has 0 unspecified atom stereocenters. The van der Waals surface area contributed by atoms with Crippen LogP contribution in [0.25, 0.3) is 5.65 Å². The van der Waals surface area contributed by atoms with E-state index in [1.807, 2.05) is 6.92 Å². The molecule has 0 spiro atoms. The molecule has 2 aromatic rings. The number of carboxylic acid groups (broad SMARTS) is 1. The Morgan fingerprint density at radius 3 is 2.93 bits per heavy atom. The zero-order chi connectivity index (χ0) is 10.3. The van der Waals surface area contributed by atoms with Gasteiger partial charge in [-0.25, -0.2) is 9.78 Å². The van der Waals surface area contributed by atoms with Gasteiger partial charge in [0.15, 0.2) is 5.69 Å². The van der Waals surface area contributed by atoms with Gasteiger partial charge in [-0.15, -0.1) is 0 Å². The molecule has 1 N–H and O–H groups in total. The third kappa shape index (κ3) is 1.15. The van der Waals surface area contributed by atoms with Crippen molar-refractivity contribution in [3.63, 3.8) is 0 Å². The first-order valence-corrected chi connectivity index (χ1v) is 4.35. The van der Waals surface area contributed by atoms with Gasteiger partial charge in [-0.1, -0.05) is 17.7 Å². The van der Waals surface area contributed by atoms with Crippen LogP contribution in [0.1, 0.15) is 16.1 Å². The molecule has 2 heterocycles. The van der Waals surface area contributed by atoms with Gasteiger partial charge in [0, 0.05) is 0 Å². The minimum atomic E-state index is -1.04. The molecule has 14 heavy (non-hydrogen) atoms. The van der Waals surface area contributed by atoms with E-state index in [4.69, 9.17) is 16.7 Å². The summed E-state index contributed by atoms with van der Waals surface area (Å²) >= 11 is 5.98. The summed E-state index contributed by atoms with van der Waals surface area (Å²) in [5.41, 5.74) is 1.44. The Morgan fingerprint density at radius 2 is 2.29 bits per heavy atom. The Morgan fingerprint density at radius 1 is 1.57 bits per heavy atom. The van der Waals surface area contributed by atoms with Crippen molar-refractivity contribution in [1.82, 2.24) is 9.38 Å². The summed E-state index contributed by atoms with van der Waals surface area (Å²) in [7, 11) is 0. The van der Waals surface area contributed by atoms with Crippen LogP contribution in [0.15, 0.2) is 18.3 Å². The van der Waals surface area contributed by atoms with Gasteiger partial charge in [0.25, 0.3) is 0 Å². The van der Waals surface area contributed by atoms with Crippen molar-refractivity contribution < 1.29 is 9.90 Å². The lowest BCUT2D eigenvalue weighted by atomic mass is 10.3. The van der Waals surface area contributed by atoms with Gasteiger partial charge in [0.2, 0.25) is 0 Å². The van der Waals surface area contributed by atoms with Crippen LogP contribution in [0.2, 0.25) is 5.15 Å². The van der Waals surface area contributed by atoms with Gasteiger partial charge in [-0.2, -0.15) is 0 Å². The predicted molar refractivity (Wildman–Crippen MR) is 51.9 cm³/mol. The standard InChI is InChI=1S/C9H7ClN2O2/c1-5-2-3-7-11-4-6(9(13)14)12(7)8(5)10/h2-4H,1H3,(H,13,14). The summed E-state index contributed by atoms with van der Waals surface area (Å²) < 4.78 is 1.42. The highest BCUT2D eigenvalue weighted by atomic mass is 35.5. The van der Waals surface area contributed by atoms with Crippen LogP contribution in [0.5, 0.6) is 0 Å². The lowest BCUT2D eigenvalue weighted by Crippen LogP contribution is -2.03. The minimum Gasteiger partial charge on any atom is -0.477 e. The molecule has 0 aliphatic carbocycles. The molecule has 0 saturated carbocycles. The molecule has 2 aromatic heterocycles. The second kappa shape index (κ2) is 2.99. The van der Waals surface area contributed by atoms with E-state index in [0.29, 0.717) is 10.8 Å². The molecule has 0 bridgehead atoms. The molecular weight excluding hydrogens is 204 g/mol. The van der Waals surface area contributed by atoms with Crippen LogP contribution in [0.3, 0.4) is 0 Å². The smallest absolute Gasteiger partial charge is 0.354 e. The predicted octanol–water partition coefficient (Wildman–Crippen LogP) is 1.99. The summed E-state index contributed by atoms with van der Waals surface area (Å²) in [5, 5.41) is 9.25. The Kier molecular flexibility index (Phi) is 1.93. The van der Waals surface area contributed by atoms with Gasteiger partial charge in [0.05, 0.1) is 6.20 Å². The van der Waals surface area contributed by atoms with Crippen LogP contribution in [-0.2, 0) is 0 Å². The summed E-state index contributed by atoms with van der Waals surface area (Å²) in [6, 6.07) is 3.53. The Labute approximate surface area is 84.8 Å². The molecule has 0 aliphatic heterocycles. The number of carbonyl (C=O) groups is 1. The van der Waals surface area contributed by atoms with E-state index in [-0.39, 0.29) is 5.69 Å². The number of rotatable bonds is 1. The number of aromatic carboxylic acids is 1. The molecule has 0 radical (unpaired) electrons. The summed E-state index contributed by atoms with van der Waals surface area (Å²) in [6.45, 7) is 1.81. The second-order valence-corrected chi connectivity index (χ2v) is 3.31. The van der Waals surface area contributed by atoms with Crippen molar-refractivity contribution in [3.8, 4) is 0 Å². The summed E-state index contributed by atoms with van der Waals surface area (Å²) in [5.74, 6) is -1.04. The molecule has 0 fully saturated rings. The number of carboxylic acids is 1. The fraction of sp³-hybridized carbons (Fsp3) is 0.111. The number of nitrogens with zero attached hydrogens (tertiary/aromatic N) is 2. The highest BCUT2D eigenvalue weighted by Crippen LogP contribution is 2.19. The van der Waals surface area contributed by atoms with Gasteiger partial charge in [0.1, 0.15) is 10.8 Å². The summed E-state index contributed by atoms with van der Waals surface area (Å²) in [4.78, 5) is 14.8. The first-order chi connectivity index (χ1) is 6.61. The molecule has 72 valence electrons. The van der Waals surface area contributed by atoms with E-state index >= 15 is 0 Å². The van der Waals surface area contributed by atoms with Crippen LogP contribution in [0, 0.1) is 6.92 Å². The number of fused-ring (bicyclic) bond motifs is 1. The van der Waals surface area contributed by atoms with E-state index in [1.54, 1.807) is 12.1 Å². The van der Waals surface area contributed by atoms with Crippen molar-refractivity contribution in [3.05, 3.63) is 34.7 Å². The molecule has 0 amide bonds. The Hall–Kier alpha value is -1.55. The minimum absolute atomic E-state index is 0.0775. The SMILES string of the molecule is Cc1ccc2ncc(C(=O)O)n2c1Cl. The average Bonchev–Trinajstić information content (AvgIpc) is 2.55. The van der Waals surface area contributed by atoms with E-state index in [2.05, 4.69) is 4.98 Å². The lowest BCUT2D eigenvalue weighted by molar-refractivity contribution is 0.0689. The van der Waals surface area contributed by atoms with E-state index in [9.17, 15) is 4.79 Å². The molecule has 0 aromatic carbocycles. The average molecular weight is 211 g/mol. The molecular formula is C9H7ClN2O2. The number of pyridine rings is 1. The molecule has 0 atom stereocenters. The van der Waals surface area contributed by atoms with E-state index < -0.39 is 5.97 Å². The molecule has 2 rings (SSSR count). The fourth-order valence-corrected chi connectivity index (χ4v) is 1.53. The topological polar surface area (TPSA) is 54.6 Å². The Balaban J connectivity index is 2.89. The Bertz CT molecular complexity index is 519. The first-order valence-electron chi connectivity index (χ1n) is 3.97. The maximum atomic E-state index is 10.8. The summed E-state index contributed by atoms with van der Waals surface area (Å²) in [6.07, 6.45) is 1.29. The monoisotopic (exact) mass is 210 g/mol. The van der Waals surface area contributed by atoms with Gasteiger partial charge < -0.3 is 5.11 Å². The second-order valence-electron chi connectivity index (χ2n) is 2.95. The largest absolute Gasteiger partial charge is 0.477 e.